The molecule has 0 aromatic heterocycles. The van der Waals surface area contributed by atoms with Crippen LogP contribution in [0, 0.1) is 0 Å². The van der Waals surface area contributed by atoms with Gasteiger partial charge in [0.1, 0.15) is 6.54 Å². The number of anilines is 1. The van der Waals surface area contributed by atoms with E-state index in [1.807, 2.05) is 0 Å². The largest absolute Gasteiger partial charge is 0.402 e. The second-order valence-corrected chi connectivity index (χ2v) is 6.24. The molecule has 112 valence electrons. The highest BCUT2D eigenvalue weighted by Crippen LogP contribution is 2.28. The lowest BCUT2D eigenvalue weighted by Gasteiger charge is -2.33. The first-order chi connectivity index (χ1) is 9.19. The molecule has 0 bridgehead atoms. The molecule has 20 heavy (non-hydrogen) atoms. The summed E-state index contributed by atoms with van der Waals surface area (Å²) in [5.74, 6) is 0. The lowest BCUT2D eigenvalue weighted by Crippen LogP contribution is -2.51. The third-order valence-corrected chi connectivity index (χ3v) is 4.32. The van der Waals surface area contributed by atoms with E-state index in [2.05, 4.69) is 0 Å². The molecule has 1 aliphatic heterocycles. The molecule has 0 saturated heterocycles. The zero-order chi connectivity index (χ0) is 15.0. The number of para-hydroxylation sites is 1. The van der Waals surface area contributed by atoms with Crippen LogP contribution in [0.5, 0.6) is 0 Å². The number of benzene rings is 1. The molecule has 3 N–H and O–H groups in total. The Labute approximate surface area is 114 Å². The van der Waals surface area contributed by atoms with Crippen molar-refractivity contribution < 1.29 is 21.6 Å². The van der Waals surface area contributed by atoms with Gasteiger partial charge in [-0.1, -0.05) is 18.2 Å². The number of halogens is 3. The van der Waals surface area contributed by atoms with Crippen molar-refractivity contribution in [3.63, 3.8) is 0 Å². The monoisotopic (exact) mass is 309 g/mol. The van der Waals surface area contributed by atoms with Gasteiger partial charge in [0.2, 0.25) is 0 Å². The van der Waals surface area contributed by atoms with Crippen LogP contribution in [0.2, 0.25) is 0 Å². The quantitative estimate of drug-likeness (QED) is 0.866. The number of hydrogen-bond donors (Lipinski definition) is 2. The van der Waals surface area contributed by atoms with Gasteiger partial charge in [0.05, 0.1) is 12.2 Å². The van der Waals surface area contributed by atoms with Gasteiger partial charge in [-0.2, -0.15) is 26.3 Å². The highest BCUT2D eigenvalue weighted by Gasteiger charge is 2.34. The number of fused-ring (bicyclic) bond motifs is 1. The Morgan fingerprint density at radius 1 is 1.35 bits per heavy atom. The third kappa shape index (κ3) is 3.41. The summed E-state index contributed by atoms with van der Waals surface area (Å²) in [7, 11) is -4.28. The van der Waals surface area contributed by atoms with E-state index in [-0.39, 0.29) is 6.54 Å². The van der Waals surface area contributed by atoms with Crippen molar-refractivity contribution in [1.82, 2.24) is 4.72 Å². The van der Waals surface area contributed by atoms with Gasteiger partial charge in [0.15, 0.2) is 0 Å². The van der Waals surface area contributed by atoms with Gasteiger partial charge >= 0.3 is 16.4 Å². The Kier molecular flexibility index (Phi) is 3.94. The van der Waals surface area contributed by atoms with Crippen molar-refractivity contribution in [3.8, 4) is 0 Å². The van der Waals surface area contributed by atoms with Crippen LogP contribution in [0.4, 0.5) is 18.9 Å². The van der Waals surface area contributed by atoms with Crippen LogP contribution in [-0.4, -0.2) is 33.7 Å². The van der Waals surface area contributed by atoms with E-state index in [0.717, 1.165) is 4.31 Å². The Hall–Kier alpha value is -1.32. The van der Waals surface area contributed by atoms with Gasteiger partial charge < -0.3 is 5.73 Å². The standard InChI is InChI=1S/C11H14F3N3O2S/c12-11(13,14)7-16-20(18,19)17-6-9(15)5-8-3-1-2-4-10(8)17/h1-4,9,16H,5-7,15H2. The van der Waals surface area contributed by atoms with Crippen molar-refractivity contribution in [2.75, 3.05) is 17.4 Å². The lowest BCUT2D eigenvalue weighted by atomic mass is 10.0. The minimum absolute atomic E-state index is 0.0514. The molecule has 0 fully saturated rings. The molecule has 0 saturated carbocycles. The molecule has 1 atom stereocenters. The number of alkyl halides is 3. The molecule has 0 spiro atoms. The minimum atomic E-state index is -4.61. The molecule has 5 nitrogen and oxygen atoms in total. The average molecular weight is 309 g/mol. The maximum Gasteiger partial charge on any atom is 0.402 e. The first kappa shape index (κ1) is 15.1. The second kappa shape index (κ2) is 5.23. The zero-order valence-corrected chi connectivity index (χ0v) is 11.2. The van der Waals surface area contributed by atoms with Gasteiger partial charge in [0, 0.05) is 6.04 Å². The summed E-state index contributed by atoms with van der Waals surface area (Å²) in [6, 6.07) is 6.16. The van der Waals surface area contributed by atoms with Crippen LogP contribution >= 0.6 is 0 Å². The SMILES string of the molecule is NC1Cc2ccccc2N(S(=O)(=O)NCC(F)(F)F)C1. The van der Waals surface area contributed by atoms with Crippen molar-refractivity contribution >= 4 is 15.9 Å². The fourth-order valence-corrected chi connectivity index (χ4v) is 3.39. The van der Waals surface area contributed by atoms with Crippen LogP contribution < -0.4 is 14.8 Å². The van der Waals surface area contributed by atoms with E-state index in [1.165, 1.54) is 0 Å². The third-order valence-electron chi connectivity index (χ3n) is 2.89. The average Bonchev–Trinajstić information content (AvgIpc) is 2.35. The number of nitrogens with zero attached hydrogens (tertiary/aromatic N) is 1. The molecule has 1 aliphatic rings. The molecule has 1 aromatic carbocycles. The minimum Gasteiger partial charge on any atom is -0.326 e. The molecule has 0 aliphatic carbocycles. The van der Waals surface area contributed by atoms with Crippen LogP contribution in [0.25, 0.3) is 0 Å². The number of nitrogens with two attached hydrogens (primary N) is 1. The first-order valence-electron chi connectivity index (χ1n) is 5.86. The summed E-state index contributed by atoms with van der Waals surface area (Å²) >= 11 is 0. The van der Waals surface area contributed by atoms with Crippen molar-refractivity contribution in [2.24, 2.45) is 5.73 Å². The Morgan fingerprint density at radius 2 is 2.00 bits per heavy atom. The van der Waals surface area contributed by atoms with Gasteiger partial charge in [-0.15, -0.1) is 0 Å². The first-order valence-corrected chi connectivity index (χ1v) is 7.30. The molecule has 0 radical (unpaired) electrons. The molecule has 2 rings (SSSR count). The van der Waals surface area contributed by atoms with E-state index < -0.39 is 29.0 Å². The van der Waals surface area contributed by atoms with Gasteiger partial charge in [0.25, 0.3) is 0 Å². The maximum absolute atomic E-state index is 12.2. The Bertz CT molecular complexity index is 589. The normalized spacial score (nSPS) is 19.8. The van der Waals surface area contributed by atoms with E-state index in [1.54, 1.807) is 29.0 Å². The van der Waals surface area contributed by atoms with Crippen LogP contribution in [-0.2, 0) is 16.6 Å². The van der Waals surface area contributed by atoms with E-state index in [4.69, 9.17) is 5.73 Å². The fraction of sp³-hybridized carbons (Fsp3) is 0.455. The highest BCUT2D eigenvalue weighted by atomic mass is 32.2. The molecule has 0 amide bonds. The van der Waals surface area contributed by atoms with Crippen molar-refractivity contribution in [3.05, 3.63) is 29.8 Å². The molecular weight excluding hydrogens is 295 g/mol. The number of rotatable bonds is 3. The van der Waals surface area contributed by atoms with Gasteiger partial charge in [-0.05, 0) is 18.1 Å². The smallest absolute Gasteiger partial charge is 0.326 e. The van der Waals surface area contributed by atoms with E-state index in [9.17, 15) is 21.6 Å². The molecular formula is C11H14F3N3O2S. The van der Waals surface area contributed by atoms with E-state index in [0.29, 0.717) is 17.7 Å². The summed E-state index contributed by atoms with van der Waals surface area (Å²) < 4.78 is 62.9. The Balaban J connectivity index is 2.28. The van der Waals surface area contributed by atoms with Crippen molar-refractivity contribution in [2.45, 2.75) is 18.6 Å². The fourth-order valence-electron chi connectivity index (χ4n) is 2.06. The summed E-state index contributed by atoms with van der Waals surface area (Å²) in [5.41, 5.74) is 6.82. The van der Waals surface area contributed by atoms with Gasteiger partial charge in [-0.3, -0.25) is 4.31 Å². The molecule has 9 heteroatoms. The van der Waals surface area contributed by atoms with Crippen LogP contribution in [0.1, 0.15) is 5.56 Å². The summed E-state index contributed by atoms with van der Waals surface area (Å²) in [6.45, 7) is -1.66. The van der Waals surface area contributed by atoms with E-state index >= 15 is 0 Å². The van der Waals surface area contributed by atoms with Gasteiger partial charge in [-0.25, -0.2) is 0 Å². The molecule has 1 aromatic rings. The Morgan fingerprint density at radius 3 is 2.65 bits per heavy atom. The number of hydrogen-bond acceptors (Lipinski definition) is 3. The maximum atomic E-state index is 12.2. The predicted octanol–water partition coefficient (Wildman–Crippen LogP) is 0.773. The number of nitrogens with one attached hydrogen (secondary N) is 1. The van der Waals surface area contributed by atoms with Crippen molar-refractivity contribution in [1.29, 1.82) is 0 Å². The summed E-state index contributed by atoms with van der Waals surface area (Å²) in [5, 5.41) is 0. The summed E-state index contributed by atoms with van der Waals surface area (Å²) in [6.07, 6.45) is -4.12. The van der Waals surface area contributed by atoms with Crippen LogP contribution in [0.3, 0.4) is 0 Å². The molecule has 1 unspecified atom stereocenters. The predicted molar refractivity (Wildman–Crippen MR) is 68.4 cm³/mol. The van der Waals surface area contributed by atoms with Crippen LogP contribution in [0.15, 0.2) is 24.3 Å². The molecule has 1 heterocycles. The topological polar surface area (TPSA) is 75.4 Å². The summed E-state index contributed by atoms with van der Waals surface area (Å²) in [4.78, 5) is 0. The lowest BCUT2D eigenvalue weighted by molar-refractivity contribution is -0.121. The zero-order valence-electron chi connectivity index (χ0n) is 10.4. The second-order valence-electron chi connectivity index (χ2n) is 4.57. The highest BCUT2D eigenvalue weighted by molar-refractivity contribution is 7.90.